The Balaban J connectivity index is 1.68. The Kier molecular flexibility index (Phi) is 9.65. The molecule has 2 aromatic rings. The molecule has 1 saturated heterocycles. The molecular weight excluding hydrogens is 472 g/mol. The summed E-state index contributed by atoms with van der Waals surface area (Å²) in [6, 6.07) is 12.3. The summed E-state index contributed by atoms with van der Waals surface area (Å²) in [4.78, 5) is 34.5. The highest BCUT2D eigenvalue weighted by Crippen LogP contribution is 2.40. The van der Waals surface area contributed by atoms with Gasteiger partial charge in [0.25, 0.3) is 0 Å². The largest absolute Gasteiger partial charge is 0.481 e. The molecule has 0 bridgehead atoms. The maximum Gasteiger partial charge on any atom is 0.310 e. The summed E-state index contributed by atoms with van der Waals surface area (Å²) >= 11 is 0. The molecule has 6 nitrogen and oxygen atoms in total. The third-order valence-corrected chi connectivity index (χ3v) is 8.28. The first-order chi connectivity index (χ1) is 16.3. The highest BCUT2D eigenvalue weighted by molar-refractivity contribution is 8.77. The van der Waals surface area contributed by atoms with Crippen molar-refractivity contribution in [3.05, 3.63) is 59.2 Å². The molecule has 0 aliphatic carbocycles. The first kappa shape index (κ1) is 25.9. The lowest BCUT2D eigenvalue weighted by atomic mass is 9.92. The van der Waals surface area contributed by atoms with E-state index in [2.05, 4.69) is 0 Å². The molecule has 2 aromatic carbocycles. The van der Waals surface area contributed by atoms with E-state index >= 15 is 0 Å². The number of carbonyl (C=O) groups is 3. The summed E-state index contributed by atoms with van der Waals surface area (Å²) in [5.74, 6) is -0.508. The minimum atomic E-state index is -0.794. The van der Waals surface area contributed by atoms with E-state index in [1.54, 1.807) is 18.2 Å². The molecule has 0 radical (unpaired) electrons. The fraction of sp³-hybridized carbons (Fsp3) is 0.346. The lowest BCUT2D eigenvalue weighted by molar-refractivity contribution is -0.139. The normalized spacial score (nSPS) is 16.4. The molecule has 0 amide bonds. The van der Waals surface area contributed by atoms with Gasteiger partial charge in [0.2, 0.25) is 0 Å². The Bertz CT molecular complexity index is 1010. The van der Waals surface area contributed by atoms with Gasteiger partial charge in [-0.05, 0) is 48.1 Å². The van der Waals surface area contributed by atoms with Gasteiger partial charge in [0, 0.05) is 30.9 Å². The average Bonchev–Trinajstić information content (AvgIpc) is 3.28. The Morgan fingerprint density at radius 1 is 1.00 bits per heavy atom. The van der Waals surface area contributed by atoms with E-state index < -0.39 is 23.8 Å². The third kappa shape index (κ3) is 8.25. The molecule has 2 atom stereocenters. The van der Waals surface area contributed by atoms with Crippen molar-refractivity contribution in [2.45, 2.75) is 50.7 Å². The predicted octanol–water partition coefficient (Wildman–Crippen LogP) is 6.20. The zero-order valence-electron chi connectivity index (χ0n) is 19.2. The number of esters is 2. The van der Waals surface area contributed by atoms with Crippen LogP contribution in [0.15, 0.2) is 42.5 Å². The number of hydrogen-bond acceptors (Lipinski definition) is 7. The lowest BCUT2D eigenvalue weighted by Gasteiger charge is -2.14. The first-order valence-electron chi connectivity index (χ1n) is 11.1. The van der Waals surface area contributed by atoms with Crippen LogP contribution < -0.4 is 9.47 Å². The highest BCUT2D eigenvalue weighted by Gasteiger charge is 2.21. The van der Waals surface area contributed by atoms with Crippen LogP contribution >= 0.6 is 21.6 Å². The number of carbonyl (C=O) groups excluding carboxylic acids is 2. The Hall–Kier alpha value is -2.71. The van der Waals surface area contributed by atoms with Gasteiger partial charge in [-0.15, -0.1) is 0 Å². The second-order valence-corrected chi connectivity index (χ2v) is 10.9. The van der Waals surface area contributed by atoms with Crippen molar-refractivity contribution in [2.75, 3.05) is 5.75 Å². The molecule has 1 aliphatic rings. The van der Waals surface area contributed by atoms with Gasteiger partial charge >= 0.3 is 17.9 Å². The van der Waals surface area contributed by atoms with Gasteiger partial charge in [0.05, 0.1) is 5.92 Å². The van der Waals surface area contributed by atoms with Gasteiger partial charge in [-0.1, -0.05) is 64.4 Å². The summed E-state index contributed by atoms with van der Waals surface area (Å²) in [6.45, 7) is 2.60. The quantitative estimate of drug-likeness (QED) is 0.178. The molecule has 1 heterocycles. The molecule has 1 N–H and O–H groups in total. The molecule has 180 valence electrons. The van der Waals surface area contributed by atoms with E-state index in [-0.39, 0.29) is 11.5 Å². The number of benzene rings is 2. The monoisotopic (exact) mass is 500 g/mol. The maximum absolute atomic E-state index is 11.8. The number of hydrogen-bond donors (Lipinski definition) is 1. The van der Waals surface area contributed by atoms with Crippen molar-refractivity contribution >= 4 is 51.6 Å². The van der Waals surface area contributed by atoms with Gasteiger partial charge in [-0.2, -0.15) is 0 Å². The van der Waals surface area contributed by atoms with Crippen molar-refractivity contribution < 1.29 is 29.0 Å². The minimum absolute atomic E-state index is 0.278. The van der Waals surface area contributed by atoms with Crippen LogP contribution in [-0.4, -0.2) is 34.0 Å². The van der Waals surface area contributed by atoms with E-state index in [1.807, 2.05) is 51.9 Å². The van der Waals surface area contributed by atoms with Crippen molar-refractivity contribution in [1.29, 1.82) is 0 Å². The molecule has 2 unspecified atom stereocenters. The lowest BCUT2D eigenvalue weighted by Crippen LogP contribution is -2.12. The van der Waals surface area contributed by atoms with Crippen LogP contribution in [0.25, 0.3) is 12.2 Å². The van der Waals surface area contributed by atoms with Gasteiger partial charge in [-0.3, -0.25) is 14.4 Å². The van der Waals surface area contributed by atoms with Crippen molar-refractivity contribution in [3.8, 4) is 11.5 Å². The topological polar surface area (TPSA) is 89.9 Å². The SMILES string of the molecule is CC(=O)Oc1cc(/C=C/c2ccc(C(CCCC3CCSS3)C(=O)O)cc2)cc(OC(C)=O)c1. The van der Waals surface area contributed by atoms with Crippen LogP contribution in [0.4, 0.5) is 0 Å². The van der Waals surface area contributed by atoms with Crippen molar-refractivity contribution in [3.63, 3.8) is 0 Å². The van der Waals surface area contributed by atoms with E-state index in [9.17, 15) is 19.5 Å². The van der Waals surface area contributed by atoms with Crippen molar-refractivity contribution in [2.24, 2.45) is 0 Å². The fourth-order valence-corrected chi connectivity index (χ4v) is 6.75. The standard InChI is InChI=1S/C26H28O6S2/c1-17(27)31-22-14-20(15-23(16-22)32-18(2)28)7-6-19-8-10-21(11-9-19)25(26(29)30)5-3-4-24-12-13-33-34-24/h6-11,14-16,24-25H,3-5,12-13H2,1-2H3,(H,29,30)/b7-6+. The van der Waals surface area contributed by atoms with Crippen LogP contribution in [0.5, 0.6) is 11.5 Å². The zero-order valence-corrected chi connectivity index (χ0v) is 20.8. The zero-order chi connectivity index (χ0) is 24.5. The third-order valence-electron chi connectivity index (χ3n) is 5.28. The Morgan fingerprint density at radius 3 is 2.15 bits per heavy atom. The molecule has 0 spiro atoms. The van der Waals surface area contributed by atoms with Gasteiger partial charge in [0.1, 0.15) is 11.5 Å². The second kappa shape index (κ2) is 12.7. The molecule has 8 heteroatoms. The smallest absolute Gasteiger partial charge is 0.310 e. The number of carboxylic acid groups (broad SMARTS) is 1. The molecule has 0 saturated carbocycles. The fourth-order valence-electron chi connectivity index (χ4n) is 3.72. The van der Waals surface area contributed by atoms with Gasteiger partial charge in [-0.25, -0.2) is 0 Å². The first-order valence-corrected chi connectivity index (χ1v) is 13.5. The van der Waals surface area contributed by atoms with E-state index in [0.717, 1.165) is 24.0 Å². The number of carboxylic acids is 1. The molecular formula is C26H28O6S2. The Morgan fingerprint density at radius 2 is 1.62 bits per heavy atom. The van der Waals surface area contributed by atoms with E-state index in [4.69, 9.17) is 9.47 Å². The summed E-state index contributed by atoms with van der Waals surface area (Å²) in [6.07, 6.45) is 7.47. The summed E-state index contributed by atoms with van der Waals surface area (Å²) in [5.41, 5.74) is 2.37. The predicted molar refractivity (Wildman–Crippen MR) is 137 cm³/mol. The van der Waals surface area contributed by atoms with Gasteiger partial charge < -0.3 is 14.6 Å². The van der Waals surface area contributed by atoms with E-state index in [1.165, 1.54) is 32.1 Å². The summed E-state index contributed by atoms with van der Waals surface area (Å²) in [5, 5.41) is 10.4. The van der Waals surface area contributed by atoms with Crippen molar-refractivity contribution in [1.82, 2.24) is 0 Å². The summed E-state index contributed by atoms with van der Waals surface area (Å²) < 4.78 is 10.3. The number of aliphatic carboxylic acids is 1. The molecule has 1 aliphatic heterocycles. The van der Waals surface area contributed by atoms with Gasteiger partial charge in [0.15, 0.2) is 0 Å². The molecule has 3 rings (SSSR count). The molecule has 34 heavy (non-hydrogen) atoms. The number of ether oxygens (including phenoxy) is 2. The van der Waals surface area contributed by atoms with Crippen LogP contribution in [0.2, 0.25) is 0 Å². The minimum Gasteiger partial charge on any atom is -0.481 e. The van der Waals surface area contributed by atoms with Crippen LogP contribution in [0, 0.1) is 0 Å². The van der Waals surface area contributed by atoms with E-state index in [0.29, 0.717) is 17.2 Å². The van der Waals surface area contributed by atoms with Crippen LogP contribution in [0.1, 0.15) is 62.1 Å². The molecule has 0 aromatic heterocycles. The average molecular weight is 501 g/mol. The number of rotatable bonds is 10. The maximum atomic E-state index is 11.8. The van der Waals surface area contributed by atoms with Crippen LogP contribution in [0.3, 0.4) is 0 Å². The Labute approximate surface area is 207 Å². The molecule has 1 fully saturated rings. The van der Waals surface area contributed by atoms with Crippen LogP contribution in [-0.2, 0) is 14.4 Å². The second-order valence-electron chi connectivity index (χ2n) is 8.08. The highest BCUT2D eigenvalue weighted by atomic mass is 33.1. The summed E-state index contributed by atoms with van der Waals surface area (Å²) in [7, 11) is 3.83.